The number of morpholine rings is 1. The van der Waals surface area contributed by atoms with Crippen LogP contribution < -0.4 is 0 Å². The van der Waals surface area contributed by atoms with Crippen LogP contribution in [0.25, 0.3) is 0 Å². The first-order valence-corrected chi connectivity index (χ1v) is 9.74. The number of hydrogen-bond donors (Lipinski definition) is 0. The minimum Gasteiger partial charge on any atom is -0.372 e. The third-order valence-corrected chi connectivity index (χ3v) is 5.97. The van der Waals surface area contributed by atoms with Crippen LogP contribution in [0.15, 0.2) is 0 Å². The van der Waals surface area contributed by atoms with Crippen molar-refractivity contribution < 1.29 is 14.3 Å². The maximum atomic E-state index is 12.5. The Balaban J connectivity index is 1.44. The molecule has 3 aliphatic rings. The van der Waals surface area contributed by atoms with Crippen molar-refractivity contribution in [2.45, 2.75) is 71.0 Å². The average Bonchev–Trinajstić information content (AvgIpc) is 2.58. The highest BCUT2D eigenvalue weighted by atomic mass is 16.5. The van der Waals surface area contributed by atoms with Crippen molar-refractivity contribution in [3.05, 3.63) is 0 Å². The third kappa shape index (κ3) is 4.29. The highest BCUT2D eigenvalue weighted by Gasteiger charge is 2.33. The lowest BCUT2D eigenvalue weighted by atomic mass is 9.75. The Labute approximate surface area is 145 Å². The summed E-state index contributed by atoms with van der Waals surface area (Å²) in [4.78, 5) is 28.8. The minimum atomic E-state index is 0.0822. The van der Waals surface area contributed by atoms with Crippen molar-refractivity contribution >= 4 is 11.8 Å². The predicted octanol–water partition coefficient (Wildman–Crippen LogP) is 2.44. The van der Waals surface area contributed by atoms with Gasteiger partial charge in [0, 0.05) is 39.0 Å². The molecule has 2 unspecified atom stereocenters. The first-order valence-electron chi connectivity index (χ1n) is 9.74. The van der Waals surface area contributed by atoms with Gasteiger partial charge in [0.2, 0.25) is 11.8 Å². The van der Waals surface area contributed by atoms with Crippen LogP contribution in [0.3, 0.4) is 0 Å². The molecule has 5 heteroatoms. The van der Waals surface area contributed by atoms with E-state index < -0.39 is 0 Å². The lowest BCUT2D eigenvalue weighted by molar-refractivity contribution is -0.145. The molecular weight excluding hydrogens is 304 g/mol. The Hall–Kier alpha value is -1.10. The van der Waals surface area contributed by atoms with Gasteiger partial charge in [-0.2, -0.15) is 0 Å². The van der Waals surface area contributed by atoms with Gasteiger partial charge >= 0.3 is 0 Å². The van der Waals surface area contributed by atoms with E-state index in [0.717, 1.165) is 25.4 Å². The molecule has 136 valence electrons. The normalized spacial score (nSPS) is 33.9. The molecule has 2 saturated heterocycles. The maximum Gasteiger partial charge on any atom is 0.223 e. The SMILES string of the molecule is C[C@@H]1CN(C(=O)CCC(=O)N2CCC3CCCCC3C2)C[C@H](C)O1. The van der Waals surface area contributed by atoms with Crippen molar-refractivity contribution in [1.82, 2.24) is 9.80 Å². The van der Waals surface area contributed by atoms with Gasteiger partial charge in [0.1, 0.15) is 0 Å². The largest absolute Gasteiger partial charge is 0.372 e. The Bertz CT molecular complexity index is 458. The molecule has 2 aliphatic heterocycles. The van der Waals surface area contributed by atoms with Crippen LogP contribution in [-0.2, 0) is 14.3 Å². The Morgan fingerprint density at radius 3 is 2.08 bits per heavy atom. The van der Waals surface area contributed by atoms with E-state index in [0.29, 0.717) is 31.8 Å². The summed E-state index contributed by atoms with van der Waals surface area (Å²) in [5.41, 5.74) is 0. The fourth-order valence-corrected chi connectivity index (χ4v) is 4.74. The van der Waals surface area contributed by atoms with Crippen molar-refractivity contribution in [2.24, 2.45) is 11.8 Å². The molecule has 0 aromatic carbocycles. The van der Waals surface area contributed by atoms with E-state index in [1.807, 2.05) is 23.6 Å². The standard InChI is InChI=1S/C19H32N2O3/c1-14-11-21(12-15(2)24-14)19(23)8-7-18(22)20-10-9-16-5-3-4-6-17(16)13-20/h14-17H,3-13H2,1-2H3/t14-,15+,16?,17?. The van der Waals surface area contributed by atoms with E-state index in [2.05, 4.69) is 0 Å². The highest BCUT2D eigenvalue weighted by molar-refractivity contribution is 5.84. The molecule has 4 atom stereocenters. The molecule has 0 aromatic heterocycles. The van der Waals surface area contributed by atoms with Crippen molar-refractivity contribution in [2.75, 3.05) is 26.2 Å². The van der Waals surface area contributed by atoms with Crippen LogP contribution >= 0.6 is 0 Å². The number of ether oxygens (including phenoxy) is 1. The van der Waals surface area contributed by atoms with Gasteiger partial charge in [0.25, 0.3) is 0 Å². The Morgan fingerprint density at radius 1 is 0.833 bits per heavy atom. The van der Waals surface area contributed by atoms with Gasteiger partial charge < -0.3 is 14.5 Å². The molecule has 1 saturated carbocycles. The van der Waals surface area contributed by atoms with Crippen LogP contribution in [0.5, 0.6) is 0 Å². The van der Waals surface area contributed by atoms with Gasteiger partial charge in [-0.15, -0.1) is 0 Å². The smallest absolute Gasteiger partial charge is 0.223 e. The summed E-state index contributed by atoms with van der Waals surface area (Å²) in [5, 5.41) is 0. The number of carbonyl (C=O) groups is 2. The number of nitrogens with zero attached hydrogens (tertiary/aromatic N) is 2. The van der Waals surface area contributed by atoms with Gasteiger partial charge in [0.15, 0.2) is 0 Å². The zero-order valence-electron chi connectivity index (χ0n) is 15.2. The quantitative estimate of drug-likeness (QED) is 0.795. The molecule has 2 heterocycles. The van der Waals surface area contributed by atoms with Gasteiger partial charge in [-0.25, -0.2) is 0 Å². The number of likely N-dealkylation sites (tertiary alicyclic amines) is 1. The molecule has 3 fully saturated rings. The third-order valence-electron chi connectivity index (χ3n) is 5.97. The van der Waals surface area contributed by atoms with Crippen LogP contribution in [0.1, 0.15) is 58.8 Å². The monoisotopic (exact) mass is 336 g/mol. The zero-order chi connectivity index (χ0) is 17.1. The topological polar surface area (TPSA) is 49.9 Å². The summed E-state index contributed by atoms with van der Waals surface area (Å²) in [6.07, 6.45) is 7.31. The number of rotatable bonds is 3. The van der Waals surface area contributed by atoms with Gasteiger partial charge in [-0.05, 0) is 38.5 Å². The van der Waals surface area contributed by atoms with Crippen LogP contribution in [0, 0.1) is 11.8 Å². The number of piperidine rings is 1. The minimum absolute atomic E-state index is 0.0822. The number of carbonyl (C=O) groups excluding carboxylic acids is 2. The highest BCUT2D eigenvalue weighted by Crippen LogP contribution is 2.36. The lowest BCUT2D eigenvalue weighted by Gasteiger charge is -2.41. The molecule has 0 bridgehead atoms. The van der Waals surface area contributed by atoms with E-state index in [9.17, 15) is 9.59 Å². The Morgan fingerprint density at radius 2 is 1.42 bits per heavy atom. The summed E-state index contributed by atoms with van der Waals surface area (Å²) in [6, 6.07) is 0. The summed E-state index contributed by atoms with van der Waals surface area (Å²) in [5.74, 6) is 1.80. The first kappa shape index (κ1) is 17.7. The molecule has 1 aliphatic carbocycles. The molecule has 0 radical (unpaired) electrons. The molecule has 0 aromatic rings. The van der Waals surface area contributed by atoms with Gasteiger partial charge in [-0.1, -0.05) is 19.3 Å². The van der Waals surface area contributed by atoms with Crippen LogP contribution in [0.4, 0.5) is 0 Å². The second kappa shape index (κ2) is 7.85. The molecule has 5 nitrogen and oxygen atoms in total. The van der Waals surface area contributed by atoms with E-state index in [4.69, 9.17) is 4.74 Å². The van der Waals surface area contributed by atoms with Gasteiger partial charge in [-0.3, -0.25) is 9.59 Å². The molecule has 3 rings (SSSR count). The van der Waals surface area contributed by atoms with Crippen molar-refractivity contribution in [3.8, 4) is 0 Å². The molecular formula is C19H32N2O3. The first-order chi connectivity index (χ1) is 11.5. The van der Waals surface area contributed by atoms with E-state index >= 15 is 0 Å². The molecule has 0 N–H and O–H groups in total. The summed E-state index contributed by atoms with van der Waals surface area (Å²) < 4.78 is 5.67. The molecule has 0 spiro atoms. The fourth-order valence-electron chi connectivity index (χ4n) is 4.74. The van der Waals surface area contributed by atoms with Crippen molar-refractivity contribution in [1.29, 1.82) is 0 Å². The summed E-state index contributed by atoms with van der Waals surface area (Å²) >= 11 is 0. The molecule has 2 amide bonds. The number of fused-ring (bicyclic) bond motifs is 1. The Kier molecular flexibility index (Phi) is 5.80. The zero-order valence-corrected chi connectivity index (χ0v) is 15.2. The molecule has 24 heavy (non-hydrogen) atoms. The average molecular weight is 336 g/mol. The van der Waals surface area contributed by atoms with Crippen molar-refractivity contribution in [3.63, 3.8) is 0 Å². The van der Waals surface area contributed by atoms with Crippen LogP contribution in [-0.4, -0.2) is 60.0 Å². The summed E-state index contributed by atoms with van der Waals surface area (Å²) in [7, 11) is 0. The van der Waals surface area contributed by atoms with Crippen LogP contribution in [0.2, 0.25) is 0 Å². The lowest BCUT2D eigenvalue weighted by Crippen LogP contribution is -2.48. The van der Waals surface area contributed by atoms with E-state index in [1.54, 1.807) is 0 Å². The fraction of sp³-hybridized carbons (Fsp3) is 0.895. The van der Waals surface area contributed by atoms with Gasteiger partial charge in [0.05, 0.1) is 12.2 Å². The van der Waals surface area contributed by atoms with E-state index in [-0.39, 0.29) is 24.0 Å². The summed E-state index contributed by atoms with van der Waals surface area (Å²) in [6.45, 7) is 7.09. The van der Waals surface area contributed by atoms with E-state index in [1.165, 1.54) is 25.7 Å². The predicted molar refractivity (Wildman–Crippen MR) is 92.5 cm³/mol. The number of amides is 2. The second-order valence-electron chi connectivity index (χ2n) is 7.99. The number of hydrogen-bond acceptors (Lipinski definition) is 3. The maximum absolute atomic E-state index is 12.5. The second-order valence-corrected chi connectivity index (χ2v) is 7.99.